The zero-order valence-electron chi connectivity index (χ0n) is 5.32. The number of aliphatic hydroxyl groups is 3. The molecule has 0 spiro atoms. The minimum absolute atomic E-state index is 0.113. The Labute approximate surface area is 58.0 Å². The van der Waals surface area contributed by atoms with Gasteiger partial charge in [0.2, 0.25) is 0 Å². The van der Waals surface area contributed by atoms with Gasteiger partial charge in [-0.1, -0.05) is 0 Å². The monoisotopic (exact) mass is 148 g/mol. The summed E-state index contributed by atoms with van der Waals surface area (Å²) < 4.78 is 4.70. The molecule has 1 heterocycles. The van der Waals surface area contributed by atoms with Crippen LogP contribution in [0.25, 0.3) is 0 Å². The predicted octanol–water partition coefficient (Wildman–Crippen LogP) is -2.07. The average Bonchev–Trinajstić information content (AvgIpc) is 2.19. The highest BCUT2D eigenvalue weighted by Crippen LogP contribution is 2.24. The van der Waals surface area contributed by atoms with Crippen LogP contribution < -0.4 is 5.73 Å². The smallest absolute Gasteiger partial charge is 0.169 e. The quantitative estimate of drug-likeness (QED) is 0.342. The molecule has 1 aliphatic rings. The maximum Gasteiger partial charge on any atom is 0.169 e. The topological polar surface area (TPSA) is 95.9 Å². The third-order valence-electron chi connectivity index (χ3n) is 1.51. The summed E-state index contributed by atoms with van der Waals surface area (Å²) in [6.07, 6.45) is -1.52. The molecule has 0 aliphatic carbocycles. The highest BCUT2D eigenvalue weighted by atomic mass is 16.6. The van der Waals surface area contributed by atoms with E-state index in [0.29, 0.717) is 0 Å². The number of hydrogen-bond acceptors (Lipinski definition) is 5. The second-order valence-corrected chi connectivity index (χ2v) is 2.30. The van der Waals surface area contributed by atoms with E-state index in [2.05, 4.69) is 0 Å². The van der Waals surface area contributed by atoms with Crippen molar-refractivity contribution >= 4 is 0 Å². The van der Waals surface area contributed by atoms with Gasteiger partial charge in [0.1, 0.15) is 6.10 Å². The lowest BCUT2D eigenvalue weighted by Gasteiger charge is -2.23. The Kier molecular flexibility index (Phi) is 1.93. The summed E-state index contributed by atoms with van der Waals surface area (Å²) >= 11 is 0. The molecule has 1 fully saturated rings. The van der Waals surface area contributed by atoms with Crippen molar-refractivity contribution in [2.45, 2.75) is 11.8 Å². The molecule has 1 rings (SSSR count). The third kappa shape index (κ3) is 1.02. The Bertz CT molecular complexity index is 131. The molecular weight excluding hydrogens is 138 g/mol. The maximum atomic E-state index is 9.02. The first-order valence-electron chi connectivity index (χ1n) is 2.86. The van der Waals surface area contributed by atoms with Crippen LogP contribution in [-0.2, 0) is 4.74 Å². The van der Waals surface area contributed by atoms with Crippen LogP contribution in [0.3, 0.4) is 0 Å². The Balaban J connectivity index is 2.64. The van der Waals surface area contributed by atoms with Crippen molar-refractivity contribution in [1.29, 1.82) is 0 Å². The number of rotatable bonds is 1. The van der Waals surface area contributed by atoms with Gasteiger partial charge in [-0.05, 0) is 0 Å². The summed E-state index contributed by atoms with van der Waals surface area (Å²) in [5.74, 6) is 0. The van der Waals surface area contributed by atoms with E-state index in [9.17, 15) is 0 Å². The lowest BCUT2D eigenvalue weighted by Crippen LogP contribution is -2.52. The van der Waals surface area contributed by atoms with Crippen LogP contribution in [0.4, 0.5) is 0 Å². The van der Waals surface area contributed by atoms with Gasteiger partial charge in [0, 0.05) is 0 Å². The lowest BCUT2D eigenvalue weighted by atomic mass is 10.1. The number of nitrogens with two attached hydrogens (primary N) is 1. The van der Waals surface area contributed by atoms with E-state index in [1.54, 1.807) is 0 Å². The Morgan fingerprint density at radius 3 is 2.60 bits per heavy atom. The van der Waals surface area contributed by atoms with E-state index in [1.165, 1.54) is 0 Å². The first kappa shape index (κ1) is 7.90. The van der Waals surface area contributed by atoms with Crippen LogP contribution in [0.15, 0.2) is 0 Å². The minimum Gasteiger partial charge on any atom is -0.392 e. The Hall–Kier alpha value is -0.200. The fraction of sp³-hybridized carbons (Fsp3) is 0.800. The zero-order chi connectivity index (χ0) is 7.78. The number of ether oxygens (including phenoxy) is 1. The van der Waals surface area contributed by atoms with Crippen molar-refractivity contribution < 1.29 is 20.1 Å². The van der Waals surface area contributed by atoms with E-state index >= 15 is 0 Å². The molecule has 2 atom stereocenters. The van der Waals surface area contributed by atoms with Gasteiger partial charge in [0.25, 0.3) is 0 Å². The molecule has 5 heteroatoms. The summed E-state index contributed by atoms with van der Waals surface area (Å²) in [7, 11) is 0. The fourth-order valence-corrected chi connectivity index (χ4v) is 0.780. The summed E-state index contributed by atoms with van der Waals surface area (Å²) in [6.45, 7) is -0.629. The summed E-state index contributed by atoms with van der Waals surface area (Å²) in [5, 5.41) is 26.4. The Morgan fingerprint density at radius 2 is 2.40 bits per heavy atom. The largest absolute Gasteiger partial charge is 0.392 e. The highest BCUT2D eigenvalue weighted by molar-refractivity contribution is 5.03. The molecular formula is C5H10NO4. The van der Waals surface area contributed by atoms with Crippen LogP contribution in [0.1, 0.15) is 0 Å². The highest BCUT2D eigenvalue weighted by Gasteiger charge is 2.46. The molecule has 0 amide bonds. The molecule has 1 aliphatic heterocycles. The van der Waals surface area contributed by atoms with Crippen molar-refractivity contribution in [2.24, 2.45) is 5.73 Å². The molecule has 10 heavy (non-hydrogen) atoms. The second kappa shape index (κ2) is 2.44. The van der Waals surface area contributed by atoms with Gasteiger partial charge in [-0.2, -0.15) is 0 Å². The molecule has 59 valence electrons. The predicted molar refractivity (Wildman–Crippen MR) is 31.1 cm³/mol. The number of hydrogen-bond donors (Lipinski definition) is 4. The minimum atomic E-state index is -1.51. The van der Waals surface area contributed by atoms with Crippen LogP contribution in [0.5, 0.6) is 0 Å². The first-order valence-corrected chi connectivity index (χ1v) is 2.86. The molecule has 0 bridgehead atoms. The van der Waals surface area contributed by atoms with E-state index < -0.39 is 18.4 Å². The standard InChI is InChI=1S/C5H10NO4/c6-5(2-7)4(9)3(8)1-10-5/h4,7-9H,1-2,6H2/t4-,5+/m1/s1. The van der Waals surface area contributed by atoms with Gasteiger partial charge in [0.05, 0.1) is 13.2 Å². The summed E-state index contributed by atoms with van der Waals surface area (Å²) in [6, 6.07) is 0. The van der Waals surface area contributed by atoms with Crippen LogP contribution in [0, 0.1) is 6.10 Å². The Morgan fingerprint density at radius 1 is 1.80 bits per heavy atom. The molecule has 5 N–H and O–H groups in total. The molecule has 5 nitrogen and oxygen atoms in total. The van der Waals surface area contributed by atoms with Gasteiger partial charge in [-0.15, -0.1) is 0 Å². The molecule has 0 aromatic carbocycles. The van der Waals surface area contributed by atoms with Gasteiger partial charge < -0.3 is 20.1 Å². The zero-order valence-corrected chi connectivity index (χ0v) is 5.32. The maximum absolute atomic E-state index is 9.02. The van der Waals surface area contributed by atoms with Gasteiger partial charge >= 0.3 is 0 Å². The van der Waals surface area contributed by atoms with E-state index in [1.807, 2.05) is 0 Å². The van der Waals surface area contributed by atoms with Gasteiger partial charge in [-0.3, -0.25) is 5.73 Å². The van der Waals surface area contributed by atoms with Crippen molar-refractivity contribution in [3.05, 3.63) is 6.10 Å². The average molecular weight is 148 g/mol. The van der Waals surface area contributed by atoms with E-state index in [-0.39, 0.29) is 12.7 Å². The fourth-order valence-electron chi connectivity index (χ4n) is 0.780. The number of aliphatic hydroxyl groups excluding tert-OH is 3. The summed E-state index contributed by atoms with van der Waals surface area (Å²) in [5.41, 5.74) is 3.78. The van der Waals surface area contributed by atoms with E-state index in [0.717, 1.165) is 0 Å². The van der Waals surface area contributed by atoms with Crippen LogP contribution in [0.2, 0.25) is 0 Å². The molecule has 0 aromatic rings. The molecule has 1 saturated heterocycles. The van der Waals surface area contributed by atoms with Gasteiger partial charge in [-0.25, -0.2) is 0 Å². The lowest BCUT2D eigenvalue weighted by molar-refractivity contribution is -0.0868. The summed E-state index contributed by atoms with van der Waals surface area (Å²) in [4.78, 5) is 0. The van der Waals surface area contributed by atoms with Crippen molar-refractivity contribution in [3.63, 3.8) is 0 Å². The molecule has 1 radical (unpaired) electrons. The molecule has 0 unspecified atom stereocenters. The van der Waals surface area contributed by atoms with Crippen LogP contribution in [-0.4, -0.2) is 40.4 Å². The second-order valence-electron chi connectivity index (χ2n) is 2.30. The molecule has 0 saturated carbocycles. The normalized spacial score (nSPS) is 42.6. The van der Waals surface area contributed by atoms with E-state index in [4.69, 9.17) is 25.8 Å². The van der Waals surface area contributed by atoms with Gasteiger partial charge in [0.15, 0.2) is 11.8 Å². The van der Waals surface area contributed by atoms with Crippen LogP contribution >= 0.6 is 0 Å². The first-order chi connectivity index (χ1) is 4.60. The molecule has 0 aromatic heterocycles. The van der Waals surface area contributed by atoms with Crippen molar-refractivity contribution in [1.82, 2.24) is 0 Å². The third-order valence-corrected chi connectivity index (χ3v) is 1.51. The SMILES string of the molecule is N[C@@]1(CO)OC[C](O)[C@H]1O. The van der Waals surface area contributed by atoms with Crippen molar-refractivity contribution in [2.75, 3.05) is 13.2 Å². The van der Waals surface area contributed by atoms with Crippen molar-refractivity contribution in [3.8, 4) is 0 Å².